The molecule has 0 atom stereocenters. The van der Waals surface area contributed by atoms with Crippen LogP contribution >= 0.6 is 56.9 Å². The molecule has 0 saturated carbocycles. The molecule has 0 spiro atoms. The van der Waals surface area contributed by atoms with Crippen LogP contribution in [0.4, 0.5) is 11.4 Å². The van der Waals surface area contributed by atoms with Gasteiger partial charge >= 0.3 is 0 Å². The van der Waals surface area contributed by atoms with E-state index in [1.807, 2.05) is 25.1 Å². The Labute approximate surface area is 256 Å². The number of thioether (sulfide) groups is 1. The second-order valence-corrected chi connectivity index (χ2v) is 12.6. The van der Waals surface area contributed by atoms with Crippen molar-refractivity contribution in [2.45, 2.75) is 32.8 Å². The van der Waals surface area contributed by atoms with Gasteiger partial charge in [-0.15, -0.1) is 0 Å². The third-order valence-electron chi connectivity index (χ3n) is 6.56. The number of halogens is 2. The number of carbonyl (C=O) groups is 1. The maximum atomic E-state index is 13.2. The summed E-state index contributed by atoms with van der Waals surface area (Å²) in [4.78, 5) is 22.9. The lowest BCUT2D eigenvalue weighted by molar-refractivity contribution is -0.122. The molecule has 8 heteroatoms. The zero-order valence-electron chi connectivity index (χ0n) is 21.2. The predicted octanol–water partition coefficient (Wildman–Crippen LogP) is 8.09. The molecule has 2 aliphatic heterocycles. The molecule has 2 saturated heterocycles. The van der Waals surface area contributed by atoms with Crippen molar-refractivity contribution < 1.29 is 9.53 Å². The number of rotatable bonds is 7. The van der Waals surface area contributed by atoms with Crippen LogP contribution in [0.3, 0.4) is 0 Å². The number of aliphatic imine (C=N–C) groups is 1. The van der Waals surface area contributed by atoms with Gasteiger partial charge in [-0.1, -0.05) is 18.2 Å². The van der Waals surface area contributed by atoms with Gasteiger partial charge in [0.2, 0.25) is 0 Å². The van der Waals surface area contributed by atoms with Gasteiger partial charge in [-0.25, -0.2) is 4.99 Å². The minimum absolute atomic E-state index is 0.00442. The summed E-state index contributed by atoms with van der Waals surface area (Å²) >= 11 is 6.03. The number of nitrogens with zero attached hydrogens (tertiary/aromatic N) is 3. The Kier molecular flexibility index (Phi) is 9.32. The molecule has 3 aromatic rings. The van der Waals surface area contributed by atoms with Gasteiger partial charge in [0.1, 0.15) is 12.4 Å². The first-order valence-corrected chi connectivity index (χ1v) is 15.8. The first-order chi connectivity index (χ1) is 18.5. The number of amides is 1. The van der Waals surface area contributed by atoms with E-state index in [1.165, 1.54) is 40.3 Å². The lowest BCUT2D eigenvalue weighted by Gasteiger charge is -2.28. The molecule has 1 amide bonds. The van der Waals surface area contributed by atoms with E-state index in [2.05, 4.69) is 105 Å². The standard InChI is InChI=1S/C30H29I2N3O2S/c1-2-35-29(36)28(38-30(35)33-24-11-13-25(14-12-24)34-16-4-3-5-17-34)19-22-8-15-27(26(32)18-22)37-20-21-6-9-23(31)10-7-21/h6-15,18-19H,2-5,16-17,20H2,1H3/b28-19-,33-30?. The molecule has 38 heavy (non-hydrogen) atoms. The molecule has 3 aromatic carbocycles. The normalized spacial score (nSPS) is 18.0. The van der Waals surface area contributed by atoms with Crippen LogP contribution in [-0.2, 0) is 11.4 Å². The summed E-state index contributed by atoms with van der Waals surface area (Å²) in [6.07, 6.45) is 5.78. The molecular weight excluding hydrogens is 720 g/mol. The van der Waals surface area contributed by atoms with E-state index in [0.29, 0.717) is 18.1 Å². The number of benzene rings is 3. The van der Waals surface area contributed by atoms with Crippen molar-refractivity contribution in [2.24, 2.45) is 4.99 Å². The average Bonchev–Trinajstić information content (AvgIpc) is 3.23. The highest BCUT2D eigenvalue weighted by molar-refractivity contribution is 14.1. The average molecular weight is 749 g/mol. The van der Waals surface area contributed by atoms with Crippen LogP contribution < -0.4 is 9.64 Å². The predicted molar refractivity (Wildman–Crippen MR) is 175 cm³/mol. The van der Waals surface area contributed by atoms with Gasteiger partial charge < -0.3 is 9.64 Å². The molecule has 2 aliphatic rings. The van der Waals surface area contributed by atoms with Crippen molar-refractivity contribution in [2.75, 3.05) is 24.5 Å². The molecule has 2 heterocycles. The summed E-state index contributed by atoms with van der Waals surface area (Å²) in [7, 11) is 0. The number of hydrogen-bond donors (Lipinski definition) is 0. The van der Waals surface area contributed by atoms with Crippen LogP contribution in [0.5, 0.6) is 5.75 Å². The first-order valence-electron chi connectivity index (χ1n) is 12.8. The van der Waals surface area contributed by atoms with Gasteiger partial charge in [0.15, 0.2) is 5.17 Å². The van der Waals surface area contributed by atoms with E-state index >= 15 is 0 Å². The highest BCUT2D eigenvalue weighted by Crippen LogP contribution is 2.35. The summed E-state index contributed by atoms with van der Waals surface area (Å²) in [5, 5.41) is 0.724. The third-order valence-corrected chi connectivity index (χ3v) is 9.13. The van der Waals surface area contributed by atoms with Crippen LogP contribution in [0.1, 0.15) is 37.3 Å². The van der Waals surface area contributed by atoms with Crippen LogP contribution in [-0.4, -0.2) is 35.6 Å². The minimum atomic E-state index is -0.00442. The van der Waals surface area contributed by atoms with E-state index in [1.54, 1.807) is 4.90 Å². The molecule has 0 radical (unpaired) electrons. The number of anilines is 1. The lowest BCUT2D eigenvalue weighted by Crippen LogP contribution is -2.29. The van der Waals surface area contributed by atoms with E-state index in [0.717, 1.165) is 44.4 Å². The zero-order chi connectivity index (χ0) is 26.5. The molecule has 196 valence electrons. The summed E-state index contributed by atoms with van der Waals surface area (Å²) in [5.41, 5.74) is 4.21. The van der Waals surface area contributed by atoms with Crippen LogP contribution in [0.15, 0.2) is 76.6 Å². The fourth-order valence-corrected chi connectivity index (χ4v) is 6.60. The summed E-state index contributed by atoms with van der Waals surface area (Å²) in [6, 6.07) is 22.7. The molecule has 0 aromatic heterocycles. The van der Waals surface area contributed by atoms with Crippen LogP contribution in [0, 0.1) is 7.14 Å². The van der Waals surface area contributed by atoms with E-state index in [4.69, 9.17) is 9.73 Å². The minimum Gasteiger partial charge on any atom is -0.488 e. The first kappa shape index (κ1) is 27.5. The maximum Gasteiger partial charge on any atom is 0.266 e. The zero-order valence-corrected chi connectivity index (χ0v) is 26.3. The van der Waals surface area contributed by atoms with Crippen LogP contribution in [0.25, 0.3) is 6.08 Å². The highest BCUT2D eigenvalue weighted by atomic mass is 127. The Hall–Kier alpha value is -2.05. The molecular formula is C30H29I2N3O2S. The topological polar surface area (TPSA) is 45.1 Å². The number of amidine groups is 1. The Morgan fingerprint density at radius 1 is 0.974 bits per heavy atom. The quantitative estimate of drug-likeness (QED) is 0.181. The molecule has 0 bridgehead atoms. The summed E-state index contributed by atoms with van der Waals surface area (Å²) < 4.78 is 8.25. The number of likely N-dealkylation sites (N-methyl/N-ethyl adjacent to an activating group) is 1. The van der Waals surface area contributed by atoms with E-state index in [9.17, 15) is 4.79 Å². The number of ether oxygens (including phenoxy) is 1. The Balaban J connectivity index is 1.28. The maximum absolute atomic E-state index is 13.2. The molecule has 5 nitrogen and oxygen atoms in total. The largest absolute Gasteiger partial charge is 0.488 e. The number of piperidine rings is 1. The Bertz CT molecular complexity index is 1350. The van der Waals surface area contributed by atoms with Gasteiger partial charge in [0.05, 0.1) is 14.2 Å². The van der Waals surface area contributed by atoms with E-state index in [-0.39, 0.29) is 5.91 Å². The lowest BCUT2D eigenvalue weighted by atomic mass is 10.1. The fraction of sp³-hybridized carbons (Fsp3) is 0.267. The molecule has 0 unspecified atom stereocenters. The molecule has 0 aliphatic carbocycles. The van der Waals surface area contributed by atoms with Crippen molar-refractivity contribution in [1.29, 1.82) is 0 Å². The molecule has 0 N–H and O–H groups in total. The highest BCUT2D eigenvalue weighted by Gasteiger charge is 2.32. The Morgan fingerprint density at radius 3 is 2.39 bits per heavy atom. The SMILES string of the molecule is CCN1C(=O)/C(=C/c2ccc(OCc3ccc(I)cc3)c(I)c2)SC1=Nc1ccc(N2CCCCC2)cc1. The van der Waals surface area contributed by atoms with Crippen molar-refractivity contribution in [3.63, 3.8) is 0 Å². The third kappa shape index (κ3) is 6.74. The van der Waals surface area contributed by atoms with Gasteiger partial charge in [-0.3, -0.25) is 9.69 Å². The van der Waals surface area contributed by atoms with Crippen LogP contribution in [0.2, 0.25) is 0 Å². The molecule has 5 rings (SSSR count). The summed E-state index contributed by atoms with van der Waals surface area (Å²) in [6.45, 7) is 5.32. The fourth-order valence-electron chi connectivity index (χ4n) is 4.49. The van der Waals surface area contributed by atoms with Gasteiger partial charge in [0, 0.05) is 28.9 Å². The summed E-state index contributed by atoms with van der Waals surface area (Å²) in [5.74, 6) is 0.831. The smallest absolute Gasteiger partial charge is 0.266 e. The van der Waals surface area contributed by atoms with E-state index < -0.39 is 0 Å². The van der Waals surface area contributed by atoms with Gasteiger partial charge in [-0.05, 0) is 149 Å². The Morgan fingerprint density at radius 2 is 1.71 bits per heavy atom. The van der Waals surface area contributed by atoms with Gasteiger partial charge in [0.25, 0.3) is 5.91 Å². The van der Waals surface area contributed by atoms with Crippen molar-refractivity contribution >= 4 is 85.5 Å². The number of carbonyl (C=O) groups excluding carboxylic acids is 1. The van der Waals surface area contributed by atoms with Crippen molar-refractivity contribution in [3.05, 3.63) is 89.9 Å². The second-order valence-electron chi connectivity index (χ2n) is 9.22. The monoisotopic (exact) mass is 749 g/mol. The van der Waals surface area contributed by atoms with Gasteiger partial charge in [-0.2, -0.15) is 0 Å². The van der Waals surface area contributed by atoms with Crippen molar-refractivity contribution in [3.8, 4) is 5.75 Å². The molecule has 2 fully saturated rings. The van der Waals surface area contributed by atoms with Crippen molar-refractivity contribution in [1.82, 2.24) is 4.90 Å². The number of hydrogen-bond acceptors (Lipinski definition) is 5. The second kappa shape index (κ2) is 12.9.